The number of hydrogen-bond donors (Lipinski definition) is 0. The van der Waals surface area contributed by atoms with E-state index in [9.17, 15) is 9.59 Å². The number of hydrogen-bond acceptors (Lipinski definition) is 5. The Bertz CT molecular complexity index is 1180. The van der Waals surface area contributed by atoms with Gasteiger partial charge >= 0.3 is 0 Å². The second-order valence-corrected chi connectivity index (χ2v) is 9.81. The van der Waals surface area contributed by atoms with Crippen molar-refractivity contribution in [1.29, 1.82) is 0 Å². The number of carbonyl (C=O) groups excluding carboxylic acids is 2. The Kier molecular flexibility index (Phi) is 6.95. The summed E-state index contributed by atoms with van der Waals surface area (Å²) in [5.74, 6) is 1.53. The van der Waals surface area contributed by atoms with Crippen LogP contribution in [0.3, 0.4) is 0 Å². The Morgan fingerprint density at radius 1 is 0.914 bits per heavy atom. The fourth-order valence-corrected chi connectivity index (χ4v) is 5.88. The van der Waals surface area contributed by atoms with Gasteiger partial charge in [-0.05, 0) is 35.4 Å². The van der Waals surface area contributed by atoms with Crippen molar-refractivity contribution in [1.82, 2.24) is 9.80 Å². The van der Waals surface area contributed by atoms with Gasteiger partial charge in [-0.2, -0.15) is 0 Å². The maximum Gasteiger partial charge on any atom is 0.253 e. The zero-order chi connectivity index (χ0) is 24.2. The van der Waals surface area contributed by atoms with E-state index >= 15 is 0 Å². The number of nitrogens with zero attached hydrogens (tertiary/aromatic N) is 3. The van der Waals surface area contributed by atoms with Gasteiger partial charge in [0.25, 0.3) is 5.91 Å². The first-order valence-electron chi connectivity index (χ1n) is 11.9. The van der Waals surface area contributed by atoms with Crippen LogP contribution in [0.25, 0.3) is 0 Å². The lowest BCUT2D eigenvalue weighted by atomic mass is 10.1. The molecule has 180 valence electrons. The quantitative estimate of drug-likeness (QED) is 0.515. The Hall–Kier alpha value is -3.45. The molecule has 7 heteroatoms. The van der Waals surface area contributed by atoms with Gasteiger partial charge in [0.15, 0.2) is 0 Å². The lowest BCUT2D eigenvalue weighted by Crippen LogP contribution is -2.48. The van der Waals surface area contributed by atoms with Crippen LogP contribution in [-0.4, -0.2) is 60.7 Å². The predicted octanol–water partition coefficient (Wildman–Crippen LogP) is 4.43. The van der Waals surface area contributed by atoms with Gasteiger partial charge in [0, 0.05) is 38.3 Å². The van der Waals surface area contributed by atoms with Crippen molar-refractivity contribution >= 4 is 29.3 Å². The third-order valence-corrected chi connectivity index (χ3v) is 7.86. The molecule has 3 aromatic carbocycles. The Morgan fingerprint density at radius 3 is 2.31 bits per heavy atom. The number of rotatable bonds is 6. The normalized spacial score (nSPS) is 18.1. The van der Waals surface area contributed by atoms with Crippen LogP contribution >= 0.6 is 11.8 Å². The second-order valence-electron chi connectivity index (χ2n) is 8.74. The van der Waals surface area contributed by atoms with E-state index in [0.29, 0.717) is 31.0 Å². The zero-order valence-corrected chi connectivity index (χ0v) is 20.6. The molecule has 5 rings (SSSR count). The Morgan fingerprint density at radius 2 is 1.60 bits per heavy atom. The maximum atomic E-state index is 13.2. The molecule has 0 spiro atoms. The average Bonchev–Trinajstić information content (AvgIpc) is 3.28. The molecule has 35 heavy (non-hydrogen) atoms. The molecule has 2 aliphatic heterocycles. The fourth-order valence-electron chi connectivity index (χ4n) is 4.70. The molecule has 2 heterocycles. The number of para-hydroxylation sites is 2. The summed E-state index contributed by atoms with van der Waals surface area (Å²) in [6.07, 6.45) is 0. The monoisotopic (exact) mass is 487 g/mol. The first kappa shape index (κ1) is 23.3. The van der Waals surface area contributed by atoms with Crippen LogP contribution < -0.4 is 9.64 Å². The molecule has 0 radical (unpaired) electrons. The predicted molar refractivity (Wildman–Crippen MR) is 140 cm³/mol. The number of methoxy groups -OCH3 is 1. The lowest BCUT2D eigenvalue weighted by Gasteiger charge is -2.36. The summed E-state index contributed by atoms with van der Waals surface area (Å²) in [6.45, 7) is 3.44. The first-order chi connectivity index (χ1) is 17.1. The maximum absolute atomic E-state index is 13.2. The van der Waals surface area contributed by atoms with Gasteiger partial charge in [-0.15, -0.1) is 11.8 Å². The van der Waals surface area contributed by atoms with Crippen LogP contribution in [0.4, 0.5) is 5.69 Å². The van der Waals surface area contributed by atoms with Gasteiger partial charge in [-0.25, -0.2) is 0 Å². The number of anilines is 1. The number of benzene rings is 3. The number of thioether (sulfide) groups is 1. The standard InChI is InChI=1S/C28H29N3O3S/c1-34-25-10-6-5-9-24(25)29-15-17-30(18-16-29)27(33)22-11-13-23(14-12-22)28-31(26(32)20-35-28)19-21-7-3-2-4-8-21/h2-14,28H,15-20H2,1H3/t28-/m1/s1. The molecule has 3 aromatic rings. The number of carbonyl (C=O) groups is 2. The van der Waals surface area contributed by atoms with E-state index in [1.165, 1.54) is 0 Å². The minimum Gasteiger partial charge on any atom is -0.495 e. The number of ether oxygens (including phenoxy) is 1. The van der Waals surface area contributed by atoms with E-state index in [2.05, 4.69) is 11.0 Å². The highest BCUT2D eigenvalue weighted by Gasteiger charge is 2.33. The van der Waals surface area contributed by atoms with Crippen LogP contribution in [0.2, 0.25) is 0 Å². The third kappa shape index (κ3) is 5.00. The molecule has 0 N–H and O–H groups in total. The van der Waals surface area contributed by atoms with Crippen molar-refractivity contribution in [2.45, 2.75) is 11.9 Å². The van der Waals surface area contributed by atoms with Crippen molar-refractivity contribution in [2.75, 3.05) is 43.9 Å². The van der Waals surface area contributed by atoms with Crippen LogP contribution in [-0.2, 0) is 11.3 Å². The summed E-state index contributed by atoms with van der Waals surface area (Å²) < 4.78 is 5.49. The summed E-state index contributed by atoms with van der Waals surface area (Å²) in [4.78, 5) is 31.8. The summed E-state index contributed by atoms with van der Waals surface area (Å²) in [5.41, 5.74) is 3.92. The van der Waals surface area contributed by atoms with Gasteiger partial charge in [-0.1, -0.05) is 54.6 Å². The van der Waals surface area contributed by atoms with E-state index in [4.69, 9.17) is 4.74 Å². The van der Waals surface area contributed by atoms with Crippen molar-refractivity contribution in [3.63, 3.8) is 0 Å². The van der Waals surface area contributed by atoms with E-state index in [-0.39, 0.29) is 17.2 Å². The Balaban J connectivity index is 1.23. The van der Waals surface area contributed by atoms with Crippen molar-refractivity contribution in [3.8, 4) is 5.75 Å². The van der Waals surface area contributed by atoms with E-state index in [0.717, 1.165) is 35.7 Å². The molecule has 1 atom stereocenters. The second kappa shape index (κ2) is 10.4. The lowest BCUT2D eigenvalue weighted by molar-refractivity contribution is -0.128. The SMILES string of the molecule is COc1ccccc1N1CCN(C(=O)c2ccc([C@H]3SCC(=O)N3Cc3ccccc3)cc2)CC1. The van der Waals surface area contributed by atoms with Gasteiger partial charge in [0.1, 0.15) is 11.1 Å². The smallest absolute Gasteiger partial charge is 0.253 e. The highest BCUT2D eigenvalue weighted by Crippen LogP contribution is 2.39. The molecule has 0 saturated carbocycles. The van der Waals surface area contributed by atoms with Crippen LogP contribution in [0, 0.1) is 0 Å². The summed E-state index contributed by atoms with van der Waals surface area (Å²) in [7, 11) is 1.68. The van der Waals surface area contributed by atoms with Gasteiger partial charge in [-0.3, -0.25) is 9.59 Å². The third-order valence-electron chi connectivity index (χ3n) is 6.60. The molecule has 0 unspecified atom stereocenters. The van der Waals surface area contributed by atoms with E-state index < -0.39 is 0 Å². The molecular formula is C28H29N3O3S. The highest BCUT2D eigenvalue weighted by molar-refractivity contribution is 8.00. The molecule has 0 aliphatic carbocycles. The van der Waals surface area contributed by atoms with Crippen LogP contribution in [0.5, 0.6) is 5.75 Å². The Labute approximate surface area is 210 Å². The molecule has 0 bridgehead atoms. The molecule has 2 amide bonds. The molecule has 2 aliphatic rings. The van der Waals surface area contributed by atoms with Gasteiger partial charge < -0.3 is 19.4 Å². The first-order valence-corrected chi connectivity index (χ1v) is 12.9. The van der Waals surface area contributed by atoms with Gasteiger partial charge in [0.2, 0.25) is 5.91 Å². The van der Waals surface area contributed by atoms with Gasteiger partial charge in [0.05, 0.1) is 18.6 Å². The number of amides is 2. The largest absolute Gasteiger partial charge is 0.495 e. The topological polar surface area (TPSA) is 53.1 Å². The summed E-state index contributed by atoms with van der Waals surface area (Å²) in [6, 6.07) is 25.8. The van der Waals surface area contributed by atoms with E-state index in [1.54, 1.807) is 18.9 Å². The zero-order valence-electron chi connectivity index (χ0n) is 19.8. The minimum atomic E-state index is -0.0312. The molecule has 6 nitrogen and oxygen atoms in total. The molecule has 2 saturated heterocycles. The van der Waals surface area contributed by atoms with Crippen LogP contribution in [0.1, 0.15) is 26.9 Å². The minimum absolute atomic E-state index is 0.0312. The summed E-state index contributed by atoms with van der Waals surface area (Å²) in [5, 5.41) is -0.0312. The average molecular weight is 488 g/mol. The van der Waals surface area contributed by atoms with Crippen molar-refractivity contribution < 1.29 is 14.3 Å². The van der Waals surface area contributed by atoms with E-state index in [1.807, 2.05) is 82.6 Å². The molecule has 2 fully saturated rings. The van der Waals surface area contributed by atoms with Crippen molar-refractivity contribution in [3.05, 3.63) is 95.6 Å². The van der Waals surface area contributed by atoms with Crippen LogP contribution in [0.15, 0.2) is 78.9 Å². The number of piperazine rings is 1. The van der Waals surface area contributed by atoms with Crippen molar-refractivity contribution in [2.24, 2.45) is 0 Å². The fraction of sp³-hybridized carbons (Fsp3) is 0.286. The molecular weight excluding hydrogens is 458 g/mol. The highest BCUT2D eigenvalue weighted by atomic mass is 32.2. The molecule has 0 aromatic heterocycles. The summed E-state index contributed by atoms with van der Waals surface area (Å²) >= 11 is 1.64.